The van der Waals surface area contributed by atoms with Crippen LogP contribution in [0.5, 0.6) is 0 Å². The van der Waals surface area contributed by atoms with Gasteiger partial charge in [-0.15, -0.1) is 0 Å². The SMILES string of the molecule is O=C(O)CCNC1CCCCC1C1CCCCN1. The monoisotopic (exact) mass is 254 g/mol. The van der Waals surface area contributed by atoms with Crippen molar-refractivity contribution < 1.29 is 9.90 Å². The van der Waals surface area contributed by atoms with Gasteiger partial charge in [0.25, 0.3) is 0 Å². The predicted octanol–water partition coefficient (Wildman–Crippen LogP) is 1.75. The third kappa shape index (κ3) is 3.95. The van der Waals surface area contributed by atoms with Crippen LogP contribution >= 0.6 is 0 Å². The summed E-state index contributed by atoms with van der Waals surface area (Å²) in [6, 6.07) is 1.18. The minimum Gasteiger partial charge on any atom is -0.481 e. The molecule has 0 aromatic rings. The standard InChI is InChI=1S/C14H26N2O2/c17-14(18)8-10-16-13-6-2-1-5-11(13)12-7-3-4-9-15-12/h11-13,15-16H,1-10H2,(H,17,18). The van der Waals surface area contributed by atoms with Crippen molar-refractivity contribution in [2.45, 2.75) is 63.5 Å². The number of carboxylic acids is 1. The molecular weight excluding hydrogens is 228 g/mol. The zero-order valence-electron chi connectivity index (χ0n) is 11.2. The summed E-state index contributed by atoms with van der Waals surface area (Å²) in [6.45, 7) is 1.77. The molecule has 104 valence electrons. The molecule has 4 heteroatoms. The van der Waals surface area contributed by atoms with Crippen LogP contribution in [-0.4, -0.2) is 36.2 Å². The van der Waals surface area contributed by atoms with Gasteiger partial charge in [-0.1, -0.05) is 19.3 Å². The van der Waals surface area contributed by atoms with E-state index in [-0.39, 0.29) is 6.42 Å². The summed E-state index contributed by atoms with van der Waals surface area (Å²) in [5.41, 5.74) is 0. The normalized spacial score (nSPS) is 33.2. The summed E-state index contributed by atoms with van der Waals surface area (Å²) in [7, 11) is 0. The number of rotatable bonds is 5. The van der Waals surface area contributed by atoms with Crippen molar-refractivity contribution in [1.29, 1.82) is 0 Å². The van der Waals surface area contributed by atoms with Crippen LogP contribution < -0.4 is 10.6 Å². The van der Waals surface area contributed by atoms with Gasteiger partial charge in [-0.2, -0.15) is 0 Å². The minimum absolute atomic E-state index is 0.237. The molecule has 3 unspecified atom stereocenters. The lowest BCUT2D eigenvalue weighted by Gasteiger charge is -2.40. The highest BCUT2D eigenvalue weighted by molar-refractivity contribution is 5.66. The molecule has 18 heavy (non-hydrogen) atoms. The zero-order valence-corrected chi connectivity index (χ0v) is 11.2. The molecule has 3 atom stereocenters. The van der Waals surface area contributed by atoms with Crippen LogP contribution in [0, 0.1) is 5.92 Å². The number of carboxylic acid groups (broad SMARTS) is 1. The topological polar surface area (TPSA) is 61.4 Å². The van der Waals surface area contributed by atoms with Gasteiger partial charge in [0.05, 0.1) is 6.42 Å². The van der Waals surface area contributed by atoms with E-state index in [1.165, 1.54) is 44.9 Å². The molecule has 3 N–H and O–H groups in total. The van der Waals surface area contributed by atoms with Gasteiger partial charge in [-0.3, -0.25) is 4.79 Å². The molecule has 0 aromatic carbocycles. The first kappa shape index (κ1) is 13.8. The Morgan fingerprint density at radius 2 is 1.94 bits per heavy atom. The van der Waals surface area contributed by atoms with Crippen LogP contribution in [0.15, 0.2) is 0 Å². The molecule has 2 rings (SSSR count). The fourth-order valence-electron chi connectivity index (χ4n) is 3.50. The first-order chi connectivity index (χ1) is 8.77. The Hall–Kier alpha value is -0.610. The molecule has 1 aliphatic heterocycles. The van der Waals surface area contributed by atoms with E-state index in [1.54, 1.807) is 0 Å². The van der Waals surface area contributed by atoms with E-state index in [9.17, 15) is 4.79 Å². The number of piperidine rings is 1. The molecule has 0 radical (unpaired) electrons. The van der Waals surface area contributed by atoms with Crippen molar-refractivity contribution in [3.8, 4) is 0 Å². The second-order valence-electron chi connectivity index (χ2n) is 5.71. The maximum Gasteiger partial charge on any atom is 0.304 e. The summed E-state index contributed by atoms with van der Waals surface area (Å²) in [5.74, 6) is -0.00139. The van der Waals surface area contributed by atoms with Crippen LogP contribution in [0.2, 0.25) is 0 Å². The number of nitrogens with one attached hydrogen (secondary N) is 2. The zero-order chi connectivity index (χ0) is 12.8. The van der Waals surface area contributed by atoms with Crippen molar-refractivity contribution in [2.24, 2.45) is 5.92 Å². The Kier molecular flexibility index (Phi) is 5.45. The third-order valence-corrected chi connectivity index (χ3v) is 4.43. The van der Waals surface area contributed by atoms with Gasteiger partial charge in [0.15, 0.2) is 0 Å². The van der Waals surface area contributed by atoms with E-state index >= 15 is 0 Å². The van der Waals surface area contributed by atoms with Crippen molar-refractivity contribution in [2.75, 3.05) is 13.1 Å². The first-order valence-electron chi connectivity index (χ1n) is 7.46. The molecular formula is C14H26N2O2. The Labute approximate surface area is 110 Å². The van der Waals surface area contributed by atoms with Gasteiger partial charge in [0.1, 0.15) is 0 Å². The molecule has 0 spiro atoms. The summed E-state index contributed by atoms with van der Waals surface area (Å²) in [6.07, 6.45) is 9.30. The Morgan fingerprint density at radius 3 is 2.67 bits per heavy atom. The third-order valence-electron chi connectivity index (χ3n) is 4.43. The summed E-state index contributed by atoms with van der Waals surface area (Å²) in [5, 5.41) is 15.8. The Morgan fingerprint density at radius 1 is 1.17 bits per heavy atom. The van der Waals surface area contributed by atoms with E-state index in [0.717, 1.165) is 6.54 Å². The van der Waals surface area contributed by atoms with Crippen molar-refractivity contribution >= 4 is 5.97 Å². The molecule has 1 saturated carbocycles. The fourth-order valence-corrected chi connectivity index (χ4v) is 3.50. The molecule has 0 amide bonds. The first-order valence-corrected chi connectivity index (χ1v) is 7.46. The molecule has 0 aromatic heterocycles. The molecule has 1 heterocycles. The predicted molar refractivity (Wildman–Crippen MR) is 71.6 cm³/mol. The average Bonchev–Trinajstić information content (AvgIpc) is 2.40. The highest BCUT2D eigenvalue weighted by Gasteiger charge is 2.31. The number of hydrogen-bond donors (Lipinski definition) is 3. The van der Waals surface area contributed by atoms with Crippen molar-refractivity contribution in [3.05, 3.63) is 0 Å². The average molecular weight is 254 g/mol. The lowest BCUT2D eigenvalue weighted by molar-refractivity contribution is -0.136. The van der Waals surface area contributed by atoms with Gasteiger partial charge in [0.2, 0.25) is 0 Å². The molecule has 1 aliphatic carbocycles. The fraction of sp³-hybridized carbons (Fsp3) is 0.929. The molecule has 2 aliphatic rings. The van der Waals surface area contributed by atoms with Crippen LogP contribution in [-0.2, 0) is 4.79 Å². The van der Waals surface area contributed by atoms with Crippen LogP contribution in [0.3, 0.4) is 0 Å². The van der Waals surface area contributed by atoms with Crippen LogP contribution in [0.1, 0.15) is 51.4 Å². The number of aliphatic carboxylic acids is 1. The van der Waals surface area contributed by atoms with Gasteiger partial charge in [-0.05, 0) is 38.1 Å². The van der Waals surface area contributed by atoms with Crippen LogP contribution in [0.4, 0.5) is 0 Å². The molecule has 0 bridgehead atoms. The quantitative estimate of drug-likeness (QED) is 0.699. The van der Waals surface area contributed by atoms with E-state index in [1.807, 2.05) is 0 Å². The number of hydrogen-bond acceptors (Lipinski definition) is 3. The van der Waals surface area contributed by atoms with Gasteiger partial charge in [0, 0.05) is 18.6 Å². The maximum atomic E-state index is 10.6. The molecule has 2 fully saturated rings. The highest BCUT2D eigenvalue weighted by atomic mass is 16.4. The second-order valence-corrected chi connectivity index (χ2v) is 5.71. The summed E-state index contributed by atoms with van der Waals surface area (Å²) < 4.78 is 0. The van der Waals surface area contributed by atoms with E-state index in [2.05, 4.69) is 10.6 Å². The minimum atomic E-state index is -0.703. The summed E-state index contributed by atoms with van der Waals surface area (Å²) in [4.78, 5) is 10.6. The van der Waals surface area contributed by atoms with Crippen molar-refractivity contribution in [3.63, 3.8) is 0 Å². The van der Waals surface area contributed by atoms with Crippen molar-refractivity contribution in [1.82, 2.24) is 10.6 Å². The van der Waals surface area contributed by atoms with Gasteiger partial charge < -0.3 is 15.7 Å². The Bertz CT molecular complexity index is 265. The van der Waals surface area contributed by atoms with Gasteiger partial charge >= 0.3 is 5.97 Å². The maximum absolute atomic E-state index is 10.6. The lowest BCUT2D eigenvalue weighted by Crippen LogP contribution is -2.50. The molecule has 1 saturated heterocycles. The van der Waals surface area contributed by atoms with Gasteiger partial charge in [-0.25, -0.2) is 0 Å². The van der Waals surface area contributed by atoms with E-state index < -0.39 is 5.97 Å². The lowest BCUT2D eigenvalue weighted by atomic mass is 9.77. The Balaban J connectivity index is 1.82. The molecule has 4 nitrogen and oxygen atoms in total. The largest absolute Gasteiger partial charge is 0.481 e. The van der Waals surface area contributed by atoms with Crippen LogP contribution in [0.25, 0.3) is 0 Å². The van der Waals surface area contributed by atoms with E-state index in [0.29, 0.717) is 24.5 Å². The smallest absolute Gasteiger partial charge is 0.304 e. The van der Waals surface area contributed by atoms with E-state index in [4.69, 9.17) is 5.11 Å². The highest BCUT2D eigenvalue weighted by Crippen LogP contribution is 2.30. The second kappa shape index (κ2) is 7.10. The number of carbonyl (C=O) groups is 1. The summed E-state index contributed by atoms with van der Waals surface area (Å²) >= 11 is 0.